The summed E-state index contributed by atoms with van der Waals surface area (Å²) in [5, 5.41) is 18.5. The molecule has 1 aromatic carbocycles. The van der Waals surface area contributed by atoms with Gasteiger partial charge in [0, 0.05) is 36.7 Å². The van der Waals surface area contributed by atoms with E-state index in [1.807, 2.05) is 13.8 Å². The summed E-state index contributed by atoms with van der Waals surface area (Å²) < 4.78 is 7.63. The lowest BCUT2D eigenvalue weighted by molar-refractivity contribution is 0.150. The Bertz CT molecular complexity index is 1310. The highest BCUT2D eigenvalue weighted by Gasteiger charge is 2.37. The maximum absolute atomic E-state index is 12.4. The van der Waals surface area contributed by atoms with Crippen LogP contribution in [-0.2, 0) is 0 Å². The number of nitrogens with two attached hydrogens (primary N) is 1. The number of unbranched alkanes of at least 4 members (excludes halogenated alkanes) is 1. The molecule has 4 rings (SSSR count). The molecule has 2 aromatic heterocycles. The molecule has 0 spiro atoms. The second-order valence-corrected chi connectivity index (χ2v) is 9.14. The molecule has 1 atom stereocenters. The molecule has 11 heteroatoms. The topological polar surface area (TPSA) is 135 Å². The third-order valence-corrected chi connectivity index (χ3v) is 6.80. The van der Waals surface area contributed by atoms with Crippen molar-refractivity contribution in [3.8, 4) is 11.8 Å². The van der Waals surface area contributed by atoms with Gasteiger partial charge in [0.1, 0.15) is 24.0 Å². The maximum Gasteiger partial charge on any atom is 0.317 e. The minimum atomic E-state index is -0.326. The molecule has 3 heterocycles. The zero-order valence-electron chi connectivity index (χ0n) is 20.3. The van der Waals surface area contributed by atoms with Crippen LogP contribution in [0.5, 0.6) is 5.75 Å². The maximum atomic E-state index is 12.4. The molecule has 3 aromatic rings. The number of nitriles is 1. The molecule has 3 N–H and O–H groups in total. The van der Waals surface area contributed by atoms with Crippen LogP contribution in [0.25, 0.3) is 11.0 Å². The van der Waals surface area contributed by atoms with Gasteiger partial charge in [0.2, 0.25) is 0 Å². The van der Waals surface area contributed by atoms with Gasteiger partial charge in [-0.25, -0.2) is 19.4 Å². The van der Waals surface area contributed by atoms with Crippen LogP contribution in [0.4, 0.5) is 10.6 Å². The summed E-state index contributed by atoms with van der Waals surface area (Å²) in [7, 11) is 1.57. The number of carbonyl (C=O) groups is 1. The van der Waals surface area contributed by atoms with E-state index in [4.69, 9.17) is 22.1 Å². The summed E-state index contributed by atoms with van der Waals surface area (Å²) in [4.78, 5) is 22.6. The lowest BCUT2D eigenvalue weighted by Gasteiger charge is -2.40. The van der Waals surface area contributed by atoms with Crippen molar-refractivity contribution in [1.82, 2.24) is 30.0 Å². The first-order valence-electron chi connectivity index (χ1n) is 11.6. The first kappa shape index (κ1) is 24.5. The number of anilines is 1. The second kappa shape index (κ2) is 9.96. The summed E-state index contributed by atoms with van der Waals surface area (Å²) >= 11 is 6.61. The second-order valence-electron chi connectivity index (χ2n) is 8.73. The number of nitrogens with zero attached hydrogens (tertiary/aromatic N) is 6. The van der Waals surface area contributed by atoms with E-state index in [1.54, 1.807) is 22.8 Å². The van der Waals surface area contributed by atoms with E-state index >= 15 is 0 Å². The van der Waals surface area contributed by atoms with Crippen LogP contribution in [0.3, 0.4) is 0 Å². The van der Waals surface area contributed by atoms with Crippen LogP contribution < -0.4 is 15.8 Å². The van der Waals surface area contributed by atoms with Crippen LogP contribution in [0, 0.1) is 18.3 Å². The fraction of sp³-hybridized carbons (Fsp3) is 0.458. The van der Waals surface area contributed by atoms with Crippen LogP contribution in [0.15, 0.2) is 12.4 Å². The lowest BCUT2D eigenvalue weighted by Crippen LogP contribution is -2.52. The first-order valence-corrected chi connectivity index (χ1v) is 12.0. The van der Waals surface area contributed by atoms with Crippen molar-refractivity contribution in [3.63, 3.8) is 0 Å². The number of urea groups is 1. The Kier molecular flexibility index (Phi) is 6.98. The number of hydrogen-bond donors (Lipinski definition) is 2. The van der Waals surface area contributed by atoms with Gasteiger partial charge < -0.3 is 20.7 Å². The average Bonchev–Trinajstić information content (AvgIpc) is 3.15. The standard InChI is InChI=1S/C24H29ClN8O2/c1-5-6-7-28-24(34)32-10-15(11-32)20-17(9-26)18(25)8-16(21(20)35-4)14(3)33-23-19(13(2)31-33)22(27)29-12-30-23/h8,12,14-15H,5-7,10-11H2,1-4H3,(H,28,34)(H2,27,29,30). The SMILES string of the molecule is CCCCNC(=O)N1CC(c2c(C#N)c(Cl)cc(C(C)n3nc(C)c4c(N)ncnc43)c2OC)C1. The molecule has 2 amide bonds. The van der Waals surface area contributed by atoms with Gasteiger partial charge in [0.15, 0.2) is 5.65 Å². The van der Waals surface area contributed by atoms with Crippen molar-refractivity contribution >= 4 is 34.5 Å². The highest BCUT2D eigenvalue weighted by molar-refractivity contribution is 6.32. The molecule has 0 saturated carbocycles. The van der Waals surface area contributed by atoms with E-state index in [2.05, 4.69) is 33.4 Å². The van der Waals surface area contributed by atoms with E-state index in [-0.39, 0.29) is 18.0 Å². The van der Waals surface area contributed by atoms with E-state index in [9.17, 15) is 10.1 Å². The predicted octanol–water partition coefficient (Wildman–Crippen LogP) is 3.77. The highest BCUT2D eigenvalue weighted by Crippen LogP contribution is 2.44. The van der Waals surface area contributed by atoms with Crippen LogP contribution in [0.2, 0.25) is 5.02 Å². The van der Waals surface area contributed by atoms with Crippen molar-refractivity contribution in [2.24, 2.45) is 0 Å². The van der Waals surface area contributed by atoms with Crippen molar-refractivity contribution in [3.05, 3.63) is 39.8 Å². The van der Waals surface area contributed by atoms with Gasteiger partial charge in [0.05, 0.1) is 34.8 Å². The van der Waals surface area contributed by atoms with Gasteiger partial charge in [-0.05, 0) is 26.3 Å². The Hall–Kier alpha value is -3.58. The van der Waals surface area contributed by atoms with E-state index < -0.39 is 0 Å². The molecule has 0 aliphatic carbocycles. The van der Waals surface area contributed by atoms with E-state index in [0.717, 1.165) is 18.4 Å². The van der Waals surface area contributed by atoms with E-state index in [1.165, 1.54) is 6.33 Å². The molecule has 184 valence electrons. The van der Waals surface area contributed by atoms with Crippen molar-refractivity contribution in [2.75, 3.05) is 32.5 Å². The van der Waals surface area contributed by atoms with Crippen LogP contribution >= 0.6 is 11.6 Å². The molecule has 35 heavy (non-hydrogen) atoms. The average molecular weight is 497 g/mol. The van der Waals surface area contributed by atoms with Crippen LogP contribution in [0.1, 0.15) is 61.0 Å². The largest absolute Gasteiger partial charge is 0.496 e. The molecule has 0 bridgehead atoms. The Morgan fingerprint density at radius 1 is 1.43 bits per heavy atom. The Balaban J connectivity index is 1.71. The summed E-state index contributed by atoms with van der Waals surface area (Å²) in [5.41, 5.74) is 9.23. The summed E-state index contributed by atoms with van der Waals surface area (Å²) in [5.74, 6) is 0.858. The van der Waals surface area contributed by atoms with Crippen molar-refractivity contribution in [1.29, 1.82) is 5.26 Å². The third kappa shape index (κ3) is 4.32. The molecular formula is C24H29ClN8O2. The number of methoxy groups -OCH3 is 1. The van der Waals surface area contributed by atoms with Gasteiger partial charge in [-0.2, -0.15) is 10.4 Å². The zero-order chi connectivity index (χ0) is 25.3. The number of nitrogen functional groups attached to an aromatic ring is 1. The highest BCUT2D eigenvalue weighted by atomic mass is 35.5. The Labute approximate surface area is 209 Å². The normalized spacial score (nSPS) is 14.5. The lowest BCUT2D eigenvalue weighted by atomic mass is 9.85. The van der Waals surface area contributed by atoms with Gasteiger partial charge in [0.25, 0.3) is 0 Å². The quantitative estimate of drug-likeness (QED) is 0.475. The van der Waals surface area contributed by atoms with Gasteiger partial charge in [-0.15, -0.1) is 0 Å². The number of carbonyl (C=O) groups excluding carboxylic acids is 1. The molecule has 1 saturated heterocycles. The number of rotatable bonds is 7. The van der Waals surface area contributed by atoms with Gasteiger partial charge in [-0.1, -0.05) is 24.9 Å². The number of hydrogen-bond acceptors (Lipinski definition) is 7. The predicted molar refractivity (Wildman–Crippen MR) is 134 cm³/mol. The molecule has 1 aliphatic rings. The van der Waals surface area contributed by atoms with Crippen molar-refractivity contribution < 1.29 is 9.53 Å². The molecule has 10 nitrogen and oxygen atoms in total. The smallest absolute Gasteiger partial charge is 0.317 e. The monoisotopic (exact) mass is 496 g/mol. The number of ether oxygens (including phenoxy) is 1. The Morgan fingerprint density at radius 3 is 2.83 bits per heavy atom. The summed E-state index contributed by atoms with van der Waals surface area (Å²) in [6.45, 7) is 7.49. The molecule has 1 unspecified atom stereocenters. The number of fused-ring (bicyclic) bond motifs is 1. The van der Waals surface area contributed by atoms with Gasteiger partial charge in [-0.3, -0.25) is 0 Å². The number of amides is 2. The number of aryl methyl sites for hydroxylation is 1. The molecule has 1 aliphatic heterocycles. The van der Waals surface area contributed by atoms with Gasteiger partial charge >= 0.3 is 6.03 Å². The Morgan fingerprint density at radius 2 is 2.17 bits per heavy atom. The molecule has 1 fully saturated rings. The van der Waals surface area contributed by atoms with E-state index in [0.29, 0.717) is 64.1 Å². The minimum Gasteiger partial charge on any atom is -0.496 e. The van der Waals surface area contributed by atoms with Crippen molar-refractivity contribution in [2.45, 2.75) is 45.6 Å². The number of benzene rings is 1. The molecular weight excluding hydrogens is 468 g/mol. The number of aromatic nitrogens is 4. The van der Waals surface area contributed by atoms with Crippen LogP contribution in [-0.4, -0.2) is 57.4 Å². The molecule has 0 radical (unpaired) electrons. The fourth-order valence-electron chi connectivity index (χ4n) is 4.60. The zero-order valence-corrected chi connectivity index (χ0v) is 21.1. The fourth-order valence-corrected chi connectivity index (χ4v) is 4.86. The number of nitrogens with one attached hydrogen (secondary N) is 1. The summed E-state index contributed by atoms with van der Waals surface area (Å²) in [6, 6.07) is 3.55. The number of likely N-dealkylation sites (tertiary alicyclic amines) is 1. The first-order chi connectivity index (χ1) is 16.8. The minimum absolute atomic E-state index is 0.0738. The third-order valence-electron chi connectivity index (χ3n) is 6.51. The summed E-state index contributed by atoms with van der Waals surface area (Å²) in [6.07, 6.45) is 3.35. The number of halogens is 1.